The Bertz CT molecular complexity index is 404. The van der Waals surface area contributed by atoms with Gasteiger partial charge in [0.05, 0.1) is 0 Å². The van der Waals surface area contributed by atoms with Gasteiger partial charge >= 0.3 is 0 Å². The lowest BCUT2D eigenvalue weighted by atomic mass is 9.77. The fraction of sp³-hybridized carbons (Fsp3) is 0.667. The number of nitrogens with one attached hydrogen (secondary N) is 1. The normalized spacial score (nSPS) is 30.5. The minimum atomic E-state index is 0.720. The SMILES string of the molecule is CCC1CCC(CC2CCc3ccccc3N2)CC1. The van der Waals surface area contributed by atoms with Gasteiger partial charge in [0, 0.05) is 11.7 Å². The first kappa shape index (κ1) is 13.0. The highest BCUT2D eigenvalue weighted by Crippen LogP contribution is 2.35. The van der Waals surface area contributed by atoms with Crippen LogP contribution in [0.3, 0.4) is 0 Å². The van der Waals surface area contributed by atoms with Crippen LogP contribution in [0.1, 0.15) is 57.4 Å². The maximum atomic E-state index is 3.77. The number of hydrogen-bond acceptors (Lipinski definition) is 1. The number of fused-ring (bicyclic) bond motifs is 1. The van der Waals surface area contributed by atoms with Gasteiger partial charge in [0.1, 0.15) is 0 Å². The Morgan fingerprint density at radius 1 is 1.00 bits per heavy atom. The molecule has 19 heavy (non-hydrogen) atoms. The van der Waals surface area contributed by atoms with Crippen molar-refractivity contribution < 1.29 is 0 Å². The van der Waals surface area contributed by atoms with Crippen molar-refractivity contribution in [2.24, 2.45) is 11.8 Å². The van der Waals surface area contributed by atoms with Gasteiger partial charge in [0.15, 0.2) is 0 Å². The van der Waals surface area contributed by atoms with E-state index in [0.717, 1.165) is 17.9 Å². The summed E-state index contributed by atoms with van der Waals surface area (Å²) in [5, 5.41) is 3.77. The second-order valence-electron chi connectivity index (χ2n) is 6.57. The Morgan fingerprint density at radius 2 is 1.74 bits per heavy atom. The Kier molecular flexibility index (Phi) is 4.10. The van der Waals surface area contributed by atoms with Crippen molar-refractivity contribution in [3.63, 3.8) is 0 Å². The highest BCUT2D eigenvalue weighted by Gasteiger charge is 2.24. The lowest BCUT2D eigenvalue weighted by molar-refractivity contribution is 0.248. The molecular weight excluding hydrogens is 230 g/mol. The molecule has 1 N–H and O–H groups in total. The molecule has 1 fully saturated rings. The number of para-hydroxylation sites is 1. The number of benzene rings is 1. The van der Waals surface area contributed by atoms with E-state index in [-0.39, 0.29) is 0 Å². The molecule has 0 saturated heterocycles. The van der Waals surface area contributed by atoms with Crippen LogP contribution in [0.15, 0.2) is 24.3 Å². The van der Waals surface area contributed by atoms with Gasteiger partial charge < -0.3 is 5.32 Å². The van der Waals surface area contributed by atoms with Crippen LogP contribution in [-0.4, -0.2) is 6.04 Å². The summed E-state index contributed by atoms with van der Waals surface area (Å²) in [5.41, 5.74) is 2.90. The third kappa shape index (κ3) is 3.13. The summed E-state index contributed by atoms with van der Waals surface area (Å²) in [7, 11) is 0. The molecule has 1 nitrogen and oxygen atoms in total. The van der Waals surface area contributed by atoms with Gasteiger partial charge in [-0.2, -0.15) is 0 Å². The van der Waals surface area contributed by atoms with Gasteiger partial charge in [-0.15, -0.1) is 0 Å². The first-order valence-electron chi connectivity index (χ1n) is 8.19. The van der Waals surface area contributed by atoms with E-state index in [2.05, 4.69) is 36.5 Å². The predicted octanol–water partition coefficient (Wildman–Crippen LogP) is 5.02. The summed E-state index contributed by atoms with van der Waals surface area (Å²) in [5.74, 6) is 2.00. The van der Waals surface area contributed by atoms with Crippen LogP contribution < -0.4 is 5.32 Å². The standard InChI is InChI=1S/C18H27N/c1-2-14-7-9-15(10-8-14)13-17-12-11-16-5-3-4-6-18(16)19-17/h3-6,14-15,17,19H,2,7-13H2,1H3. The maximum Gasteiger partial charge on any atom is 0.0374 e. The number of hydrogen-bond donors (Lipinski definition) is 1. The van der Waals surface area contributed by atoms with E-state index in [9.17, 15) is 0 Å². The van der Waals surface area contributed by atoms with Crippen molar-refractivity contribution in [3.05, 3.63) is 29.8 Å². The Morgan fingerprint density at radius 3 is 2.53 bits per heavy atom. The van der Waals surface area contributed by atoms with E-state index >= 15 is 0 Å². The van der Waals surface area contributed by atoms with Crippen LogP contribution >= 0.6 is 0 Å². The Labute approximate surface area is 117 Å². The van der Waals surface area contributed by atoms with Crippen LogP contribution in [0.25, 0.3) is 0 Å². The van der Waals surface area contributed by atoms with E-state index < -0.39 is 0 Å². The Balaban J connectivity index is 1.52. The summed E-state index contributed by atoms with van der Waals surface area (Å²) in [6, 6.07) is 9.55. The summed E-state index contributed by atoms with van der Waals surface area (Å²) in [6.45, 7) is 2.35. The topological polar surface area (TPSA) is 12.0 Å². The molecule has 1 aliphatic carbocycles. The second-order valence-corrected chi connectivity index (χ2v) is 6.57. The summed E-state index contributed by atoms with van der Waals surface area (Å²) in [4.78, 5) is 0. The monoisotopic (exact) mass is 257 g/mol. The average Bonchev–Trinajstić information content (AvgIpc) is 2.48. The molecule has 1 unspecified atom stereocenters. The molecule has 2 aliphatic rings. The minimum absolute atomic E-state index is 0.720. The number of anilines is 1. The van der Waals surface area contributed by atoms with Crippen molar-refractivity contribution in [2.45, 2.75) is 64.3 Å². The number of rotatable bonds is 3. The number of aryl methyl sites for hydroxylation is 1. The molecule has 0 aromatic heterocycles. The Hall–Kier alpha value is -0.980. The van der Waals surface area contributed by atoms with E-state index in [4.69, 9.17) is 0 Å². The molecule has 1 aromatic carbocycles. The molecule has 104 valence electrons. The van der Waals surface area contributed by atoms with Crippen LogP contribution in [0.2, 0.25) is 0 Å². The lowest BCUT2D eigenvalue weighted by Crippen LogP contribution is -2.29. The third-order valence-corrected chi connectivity index (χ3v) is 5.30. The molecule has 1 saturated carbocycles. The zero-order valence-electron chi connectivity index (χ0n) is 12.2. The molecular formula is C18H27N. The minimum Gasteiger partial charge on any atom is -0.382 e. The summed E-state index contributed by atoms with van der Waals surface area (Å²) in [6.07, 6.45) is 11.3. The van der Waals surface area contributed by atoms with Crippen LogP contribution in [-0.2, 0) is 6.42 Å². The first-order valence-corrected chi connectivity index (χ1v) is 8.19. The molecule has 1 heterocycles. The predicted molar refractivity (Wildman–Crippen MR) is 82.5 cm³/mol. The maximum absolute atomic E-state index is 3.77. The van der Waals surface area contributed by atoms with Gasteiger partial charge in [-0.1, -0.05) is 57.2 Å². The van der Waals surface area contributed by atoms with Gasteiger partial charge in [-0.3, -0.25) is 0 Å². The highest BCUT2D eigenvalue weighted by molar-refractivity contribution is 5.53. The van der Waals surface area contributed by atoms with Gasteiger partial charge in [-0.25, -0.2) is 0 Å². The highest BCUT2D eigenvalue weighted by atomic mass is 14.9. The van der Waals surface area contributed by atoms with E-state index in [1.165, 1.54) is 62.6 Å². The van der Waals surface area contributed by atoms with E-state index in [1.54, 1.807) is 0 Å². The first-order chi connectivity index (χ1) is 9.35. The van der Waals surface area contributed by atoms with Crippen LogP contribution in [0, 0.1) is 11.8 Å². The molecule has 3 rings (SSSR count). The molecule has 0 radical (unpaired) electrons. The molecule has 1 atom stereocenters. The fourth-order valence-electron chi connectivity index (χ4n) is 3.96. The quantitative estimate of drug-likeness (QED) is 0.801. The van der Waals surface area contributed by atoms with E-state index in [1.807, 2.05) is 0 Å². The summed E-state index contributed by atoms with van der Waals surface area (Å²) >= 11 is 0. The van der Waals surface area contributed by atoms with Gasteiger partial charge in [-0.05, 0) is 42.7 Å². The zero-order valence-corrected chi connectivity index (χ0v) is 12.2. The van der Waals surface area contributed by atoms with Crippen LogP contribution in [0.5, 0.6) is 0 Å². The molecule has 1 aromatic rings. The molecule has 0 amide bonds. The average molecular weight is 257 g/mol. The van der Waals surface area contributed by atoms with Crippen molar-refractivity contribution in [2.75, 3.05) is 5.32 Å². The zero-order chi connectivity index (χ0) is 13.1. The smallest absolute Gasteiger partial charge is 0.0374 e. The largest absolute Gasteiger partial charge is 0.382 e. The molecule has 0 bridgehead atoms. The van der Waals surface area contributed by atoms with E-state index in [0.29, 0.717) is 0 Å². The van der Waals surface area contributed by atoms with Crippen molar-refractivity contribution in [1.82, 2.24) is 0 Å². The van der Waals surface area contributed by atoms with Gasteiger partial charge in [0.25, 0.3) is 0 Å². The molecule has 1 aliphatic heterocycles. The second kappa shape index (κ2) is 5.98. The fourth-order valence-corrected chi connectivity index (χ4v) is 3.96. The third-order valence-electron chi connectivity index (χ3n) is 5.30. The van der Waals surface area contributed by atoms with Gasteiger partial charge in [0.2, 0.25) is 0 Å². The van der Waals surface area contributed by atoms with Crippen molar-refractivity contribution in [3.8, 4) is 0 Å². The van der Waals surface area contributed by atoms with Crippen molar-refractivity contribution in [1.29, 1.82) is 0 Å². The molecule has 1 heteroatoms. The summed E-state index contributed by atoms with van der Waals surface area (Å²) < 4.78 is 0. The van der Waals surface area contributed by atoms with Crippen molar-refractivity contribution >= 4 is 5.69 Å². The molecule has 0 spiro atoms. The van der Waals surface area contributed by atoms with Crippen LogP contribution in [0.4, 0.5) is 5.69 Å². The lowest BCUT2D eigenvalue weighted by Gasteiger charge is -2.33.